The Morgan fingerprint density at radius 1 is 0.159 bits per heavy atom. The molecule has 0 heterocycles. The van der Waals surface area contributed by atoms with E-state index in [-0.39, 0.29) is 71.9 Å². The highest BCUT2D eigenvalue weighted by Gasteiger charge is 2.07. The molecule has 0 N–H and O–H groups in total. The lowest BCUT2D eigenvalue weighted by Crippen LogP contribution is -3.00. The van der Waals surface area contributed by atoms with Crippen molar-refractivity contribution in [1.29, 1.82) is 0 Å². The topological polar surface area (TPSA) is 0 Å². The third-order valence-corrected chi connectivity index (χ3v) is 12.5. The van der Waals surface area contributed by atoms with E-state index in [1.165, 1.54) is 289 Å². The van der Waals surface area contributed by atoms with Crippen molar-refractivity contribution in [1.82, 2.24) is 0 Å². The first-order chi connectivity index (χ1) is 28.7. The zero-order valence-corrected chi connectivity index (χ0v) is 52.8. The molecule has 0 amide bonds. The average molecular weight is 1230 g/mol. The summed E-state index contributed by atoms with van der Waals surface area (Å²) < 4.78 is 3.37. The van der Waals surface area contributed by atoms with Crippen molar-refractivity contribution in [3.8, 4) is 0 Å². The van der Waals surface area contributed by atoms with Crippen molar-refractivity contribution in [3.05, 3.63) is 0 Å². The summed E-state index contributed by atoms with van der Waals surface area (Å²) in [6.45, 7) is 10.9. The van der Waals surface area contributed by atoms with Crippen molar-refractivity contribution >= 4 is 0 Å². The summed E-state index contributed by atoms with van der Waals surface area (Å²) in [6.07, 6.45) is 61.1. The highest BCUT2D eigenvalue weighted by molar-refractivity contribution is 4.52. The van der Waals surface area contributed by atoms with Crippen molar-refractivity contribution < 1.29 is 85.4 Å². The van der Waals surface area contributed by atoms with Crippen LogP contribution >= 0.6 is 0 Å². The molecule has 390 valence electrons. The summed E-state index contributed by atoms with van der Waals surface area (Å²) in [6, 6.07) is 0. The van der Waals surface area contributed by atoms with Crippen LogP contribution in [0.4, 0.5) is 0 Å². The summed E-state index contributed by atoms with van der Waals surface area (Å²) in [5.74, 6) is 0. The number of unbranched alkanes of at least 4 members (excludes halogenated alkanes) is 39. The second-order valence-corrected chi connectivity index (χ2v) is 22.8. The molecule has 0 saturated heterocycles. The molecule has 0 rings (SSSR count). The summed E-state index contributed by atoms with van der Waals surface area (Å²) >= 11 is 0. The Hall–Kier alpha value is 2.07. The van der Waals surface area contributed by atoms with Gasteiger partial charge in [-0.15, -0.1) is 0 Å². The van der Waals surface area contributed by atoms with Crippen LogP contribution in [0.15, 0.2) is 0 Å². The summed E-state index contributed by atoms with van der Waals surface area (Å²) in [5, 5.41) is 0. The maximum Gasteiger partial charge on any atom is 0.0780 e. The lowest BCUT2D eigenvalue weighted by atomic mass is 10.0. The Balaban J connectivity index is -0.000000189. The molecule has 0 atom stereocenters. The van der Waals surface area contributed by atoms with Gasteiger partial charge >= 0.3 is 0 Å². The molecule has 0 aliphatic carbocycles. The second-order valence-electron chi connectivity index (χ2n) is 22.8. The number of quaternary nitrogens is 3. The minimum Gasteiger partial charge on any atom is -1.00 e. The number of rotatable bonds is 45. The molecule has 0 fully saturated rings. The van der Waals surface area contributed by atoms with Gasteiger partial charge in [0.25, 0.3) is 0 Å². The normalized spacial score (nSPS) is 11.4. The van der Waals surface area contributed by atoms with Gasteiger partial charge in [0.05, 0.1) is 83.1 Å². The molecule has 0 aliphatic heterocycles. The van der Waals surface area contributed by atoms with Crippen LogP contribution in [0.25, 0.3) is 0 Å². The van der Waals surface area contributed by atoms with Gasteiger partial charge in [-0.1, -0.05) is 252 Å². The lowest BCUT2D eigenvalue weighted by Gasteiger charge is -2.23. The standard InChI is InChI=1S/3C19H42N.3HI/c3*1-5-6-7-8-9-10-11-12-13-14-15-16-17-18-19-20(2,3)4;;;/h3*5-19H2,1-4H3;3*1H/q3*+1;;;/p-3. The molecule has 0 aromatic carbocycles. The Bertz CT molecular complexity index is 659. The van der Waals surface area contributed by atoms with Gasteiger partial charge in [0, 0.05) is 0 Å². The highest BCUT2D eigenvalue weighted by atomic mass is 127. The molecular weight excluding hydrogens is 1110 g/mol. The predicted octanol–water partition coefficient (Wildman–Crippen LogP) is 9.53. The van der Waals surface area contributed by atoms with Gasteiger partial charge in [0.15, 0.2) is 0 Å². The van der Waals surface area contributed by atoms with Gasteiger partial charge < -0.3 is 85.4 Å². The van der Waals surface area contributed by atoms with Crippen LogP contribution in [-0.2, 0) is 0 Å². The van der Waals surface area contributed by atoms with Crippen LogP contribution in [0.2, 0.25) is 0 Å². The Kier molecular flexibility index (Phi) is 73.1. The van der Waals surface area contributed by atoms with Crippen LogP contribution in [0.1, 0.15) is 290 Å². The number of halogens is 3. The average Bonchev–Trinajstić information content (AvgIpc) is 3.17. The highest BCUT2D eigenvalue weighted by Crippen LogP contribution is 2.16. The van der Waals surface area contributed by atoms with E-state index in [9.17, 15) is 0 Å². The van der Waals surface area contributed by atoms with Crippen molar-refractivity contribution in [2.45, 2.75) is 290 Å². The number of hydrogen-bond acceptors (Lipinski definition) is 0. The quantitative estimate of drug-likeness (QED) is 0.0324. The van der Waals surface area contributed by atoms with Crippen LogP contribution in [0.5, 0.6) is 0 Å². The molecule has 63 heavy (non-hydrogen) atoms. The van der Waals surface area contributed by atoms with Crippen molar-refractivity contribution in [2.75, 3.05) is 83.1 Å². The van der Waals surface area contributed by atoms with E-state index in [4.69, 9.17) is 0 Å². The Morgan fingerprint density at radius 3 is 0.349 bits per heavy atom. The minimum atomic E-state index is 0. The van der Waals surface area contributed by atoms with E-state index in [0.29, 0.717) is 0 Å². The molecule has 0 aromatic rings. The molecule has 0 radical (unpaired) electrons. The molecule has 0 spiro atoms. The van der Waals surface area contributed by atoms with Gasteiger partial charge in [0.1, 0.15) is 0 Å². The van der Waals surface area contributed by atoms with Crippen LogP contribution in [0.3, 0.4) is 0 Å². The number of hydrogen-bond donors (Lipinski definition) is 0. The largest absolute Gasteiger partial charge is 1.00 e. The van der Waals surface area contributed by atoms with E-state index >= 15 is 0 Å². The van der Waals surface area contributed by atoms with Crippen LogP contribution in [0, 0.1) is 0 Å². The fourth-order valence-electron chi connectivity index (χ4n) is 8.34. The van der Waals surface area contributed by atoms with Gasteiger partial charge in [0.2, 0.25) is 0 Å². The van der Waals surface area contributed by atoms with Crippen molar-refractivity contribution in [2.24, 2.45) is 0 Å². The summed E-state index contributed by atoms with van der Waals surface area (Å²) in [5.41, 5.74) is 0. The smallest absolute Gasteiger partial charge is 0.0780 e. The fraction of sp³-hybridized carbons (Fsp3) is 1.00. The Labute approximate surface area is 455 Å². The van der Waals surface area contributed by atoms with Gasteiger partial charge in [-0.05, 0) is 38.5 Å². The van der Waals surface area contributed by atoms with E-state index in [1.54, 1.807) is 0 Å². The maximum absolute atomic E-state index is 2.29. The second kappa shape index (κ2) is 60.2. The SMILES string of the molecule is CCCCCCCCCCCCCCCC[N+](C)(C)C.CCCCCCCCCCCCCCCC[N+](C)(C)C.CCCCCCCCCCCCCCCC[N+](C)(C)C.[I-].[I-].[I-]. The third kappa shape index (κ3) is 87.6. The molecule has 0 aliphatic rings. The first kappa shape index (κ1) is 76.6. The lowest BCUT2D eigenvalue weighted by molar-refractivity contribution is -0.870. The Morgan fingerprint density at radius 2 is 0.254 bits per heavy atom. The molecule has 0 aromatic heterocycles. The summed E-state index contributed by atoms with van der Waals surface area (Å²) in [7, 11) is 20.6. The molecular formula is C57H126I3N3. The van der Waals surface area contributed by atoms with Crippen LogP contribution < -0.4 is 71.9 Å². The minimum absolute atomic E-state index is 0. The van der Waals surface area contributed by atoms with E-state index in [1.807, 2.05) is 0 Å². The zero-order chi connectivity index (χ0) is 45.3. The molecule has 0 bridgehead atoms. The van der Waals surface area contributed by atoms with E-state index in [0.717, 1.165) is 13.4 Å². The molecule has 3 nitrogen and oxygen atoms in total. The maximum atomic E-state index is 2.29. The molecule has 0 unspecified atom stereocenters. The van der Waals surface area contributed by atoms with Gasteiger partial charge in [-0.25, -0.2) is 0 Å². The first-order valence-electron chi connectivity index (χ1n) is 28.1. The fourth-order valence-corrected chi connectivity index (χ4v) is 8.34. The first-order valence-corrected chi connectivity index (χ1v) is 28.1. The summed E-state index contributed by atoms with van der Waals surface area (Å²) in [4.78, 5) is 0. The van der Waals surface area contributed by atoms with E-state index < -0.39 is 0 Å². The molecule has 0 saturated carbocycles. The van der Waals surface area contributed by atoms with Gasteiger partial charge in [-0.2, -0.15) is 0 Å². The van der Waals surface area contributed by atoms with Crippen LogP contribution in [-0.4, -0.2) is 96.5 Å². The van der Waals surface area contributed by atoms with Gasteiger partial charge in [-0.3, -0.25) is 0 Å². The zero-order valence-electron chi connectivity index (χ0n) is 46.3. The third-order valence-electron chi connectivity index (χ3n) is 12.5. The number of nitrogens with zero attached hydrogens (tertiary/aromatic N) is 3. The van der Waals surface area contributed by atoms with E-state index in [2.05, 4.69) is 84.2 Å². The molecule has 6 heteroatoms. The predicted molar refractivity (Wildman–Crippen MR) is 280 cm³/mol. The van der Waals surface area contributed by atoms with Crippen molar-refractivity contribution in [3.63, 3.8) is 0 Å². The monoisotopic (exact) mass is 1230 g/mol.